The molecular weight excluding hydrogens is 1080 g/mol. The van der Waals surface area contributed by atoms with Gasteiger partial charge in [-0.3, -0.25) is 24.4 Å². The van der Waals surface area contributed by atoms with E-state index in [1.54, 1.807) is 0 Å². The Kier molecular flexibility index (Phi) is 60.5. The van der Waals surface area contributed by atoms with Crippen LogP contribution in [-0.4, -0.2) is 167 Å². The van der Waals surface area contributed by atoms with Gasteiger partial charge in [-0.25, -0.2) is 0 Å². The molecule has 0 aliphatic carbocycles. The van der Waals surface area contributed by atoms with Gasteiger partial charge in [0, 0.05) is 89.4 Å². The molecule has 0 aromatic carbocycles. The van der Waals surface area contributed by atoms with Crippen LogP contribution in [0.3, 0.4) is 0 Å². The molecular formula is C72H142N4O6S2. The van der Waals surface area contributed by atoms with Crippen molar-refractivity contribution in [1.29, 1.82) is 0 Å². The number of nitrogens with zero attached hydrogens (tertiary/aromatic N) is 4. The molecule has 10 nitrogen and oxygen atoms in total. The van der Waals surface area contributed by atoms with Crippen molar-refractivity contribution in [1.82, 2.24) is 19.6 Å². The quantitative estimate of drug-likeness (QED) is 0.0201. The zero-order valence-corrected chi connectivity index (χ0v) is 57.8. The molecule has 0 spiro atoms. The molecule has 3 unspecified atom stereocenters. The second kappa shape index (κ2) is 62.5. The van der Waals surface area contributed by atoms with Gasteiger partial charge in [-0.1, -0.05) is 253 Å². The number of carbonyl (C=O) groups is 1. The number of piperazine rings is 1. The van der Waals surface area contributed by atoms with Crippen molar-refractivity contribution in [3.8, 4) is 0 Å². The topological polar surface area (TPSA) is 120 Å². The lowest BCUT2D eigenvalue weighted by molar-refractivity contribution is -0.144. The number of ether oxygens (including phenoxy) is 1. The maximum Gasteiger partial charge on any atom is 0.305 e. The van der Waals surface area contributed by atoms with Crippen LogP contribution in [0.1, 0.15) is 311 Å². The summed E-state index contributed by atoms with van der Waals surface area (Å²) in [4.78, 5) is 22.4. The van der Waals surface area contributed by atoms with Crippen molar-refractivity contribution >= 4 is 27.6 Å². The molecule has 1 saturated heterocycles. The second-order valence-electron chi connectivity index (χ2n) is 25.8. The van der Waals surface area contributed by atoms with Crippen molar-refractivity contribution in [3.63, 3.8) is 0 Å². The third-order valence-electron chi connectivity index (χ3n) is 17.5. The van der Waals surface area contributed by atoms with Gasteiger partial charge in [0.15, 0.2) is 0 Å². The zero-order chi connectivity index (χ0) is 61.0. The summed E-state index contributed by atoms with van der Waals surface area (Å²) in [5, 5.41) is 44.4. The van der Waals surface area contributed by atoms with E-state index < -0.39 is 12.2 Å². The molecule has 0 aromatic rings. The summed E-state index contributed by atoms with van der Waals surface area (Å²) in [5.74, 6) is 2.00. The van der Waals surface area contributed by atoms with Gasteiger partial charge in [-0.15, -0.1) is 0 Å². The number of hydrogen-bond acceptors (Lipinski definition) is 12. The lowest BCUT2D eigenvalue weighted by Gasteiger charge is -2.34. The van der Waals surface area contributed by atoms with Crippen LogP contribution in [0.4, 0.5) is 0 Å². The summed E-state index contributed by atoms with van der Waals surface area (Å²) in [6.45, 7) is 20.7. The van der Waals surface area contributed by atoms with Gasteiger partial charge in [-0.2, -0.15) is 0 Å². The predicted molar refractivity (Wildman–Crippen MR) is 370 cm³/mol. The Morgan fingerprint density at radius 3 is 1.15 bits per heavy atom. The monoisotopic (exact) mass is 1220 g/mol. The average Bonchev–Trinajstić information content (AvgIpc) is 3.57. The van der Waals surface area contributed by atoms with Gasteiger partial charge < -0.3 is 25.2 Å². The van der Waals surface area contributed by atoms with Gasteiger partial charge in [0.1, 0.15) is 6.61 Å². The van der Waals surface area contributed by atoms with Gasteiger partial charge in [-0.05, 0) is 103 Å². The Bertz CT molecular complexity index is 1350. The van der Waals surface area contributed by atoms with Gasteiger partial charge >= 0.3 is 5.97 Å². The minimum Gasteiger partial charge on any atom is -0.464 e. The molecule has 0 radical (unpaired) electrons. The molecule has 1 fully saturated rings. The lowest BCUT2D eigenvalue weighted by Crippen LogP contribution is -2.47. The SMILES string of the molecule is CCCCCCCC/C=C\CCCCCC[C@H](O)CN(C[C@@H](O)CCCCCC/C=C\CCCCCCCC)C(C)CCSSCCN1CCN(CCOC(=O)CCCN(CC(O)CCCCCCCC)CC(O)CCCCCCCC)CC1. The van der Waals surface area contributed by atoms with Crippen LogP contribution in [0.25, 0.3) is 0 Å². The van der Waals surface area contributed by atoms with Crippen molar-refractivity contribution in [3.05, 3.63) is 24.3 Å². The molecule has 1 heterocycles. The normalized spacial score (nSPS) is 15.6. The third kappa shape index (κ3) is 54.3. The predicted octanol–water partition coefficient (Wildman–Crippen LogP) is 17.9. The van der Waals surface area contributed by atoms with Crippen molar-refractivity contribution in [2.45, 2.75) is 341 Å². The minimum atomic E-state index is -0.406. The maximum absolute atomic E-state index is 12.8. The number of esters is 1. The van der Waals surface area contributed by atoms with Gasteiger partial charge in [0.25, 0.3) is 0 Å². The van der Waals surface area contributed by atoms with Gasteiger partial charge in [0.2, 0.25) is 0 Å². The number of hydrogen-bond donors (Lipinski definition) is 4. The van der Waals surface area contributed by atoms with E-state index in [2.05, 4.69) is 78.5 Å². The number of allylic oxidation sites excluding steroid dienone is 4. The first-order chi connectivity index (χ1) is 41.1. The number of rotatable bonds is 65. The summed E-state index contributed by atoms with van der Waals surface area (Å²) in [6.07, 6.45) is 58.4. The Hall–Kier alpha value is -0.670. The van der Waals surface area contributed by atoms with Crippen LogP contribution in [0.15, 0.2) is 24.3 Å². The Morgan fingerprint density at radius 1 is 0.429 bits per heavy atom. The molecule has 84 heavy (non-hydrogen) atoms. The molecule has 0 bridgehead atoms. The van der Waals surface area contributed by atoms with Crippen molar-refractivity contribution in [2.75, 3.05) is 90.1 Å². The number of unbranched alkanes of at least 4 members (excludes halogenated alkanes) is 30. The van der Waals surface area contributed by atoms with E-state index in [-0.39, 0.29) is 18.2 Å². The van der Waals surface area contributed by atoms with Crippen molar-refractivity contribution < 1.29 is 30.0 Å². The fourth-order valence-electron chi connectivity index (χ4n) is 11.8. The maximum atomic E-state index is 12.8. The molecule has 0 aromatic heterocycles. The van der Waals surface area contributed by atoms with Crippen LogP contribution in [0.5, 0.6) is 0 Å². The molecule has 4 N–H and O–H groups in total. The molecule has 12 heteroatoms. The highest BCUT2D eigenvalue weighted by Gasteiger charge is 2.22. The molecule has 1 aliphatic heterocycles. The van der Waals surface area contributed by atoms with E-state index in [9.17, 15) is 25.2 Å². The number of carbonyl (C=O) groups excluding carboxylic acids is 1. The highest BCUT2D eigenvalue weighted by Crippen LogP contribution is 2.25. The van der Waals surface area contributed by atoms with E-state index in [0.29, 0.717) is 58.2 Å². The van der Waals surface area contributed by atoms with E-state index >= 15 is 0 Å². The summed E-state index contributed by atoms with van der Waals surface area (Å²) >= 11 is 0. The summed E-state index contributed by atoms with van der Waals surface area (Å²) in [6, 6.07) is 0.306. The van der Waals surface area contributed by atoms with E-state index in [1.165, 1.54) is 193 Å². The summed E-state index contributed by atoms with van der Waals surface area (Å²) in [5.41, 5.74) is 0. The first-order valence-corrected chi connectivity index (χ1v) is 38.9. The van der Waals surface area contributed by atoms with Gasteiger partial charge in [0.05, 0.1) is 24.4 Å². The van der Waals surface area contributed by atoms with Crippen LogP contribution < -0.4 is 0 Å². The largest absolute Gasteiger partial charge is 0.464 e. The van der Waals surface area contributed by atoms with Crippen molar-refractivity contribution in [2.24, 2.45) is 0 Å². The fourth-order valence-corrected chi connectivity index (χ4v) is 14.0. The van der Waals surface area contributed by atoms with Crippen LogP contribution in [0.2, 0.25) is 0 Å². The summed E-state index contributed by atoms with van der Waals surface area (Å²) in [7, 11) is 3.95. The van der Waals surface area contributed by atoms with E-state index in [0.717, 1.165) is 121 Å². The average molecular weight is 1220 g/mol. The van der Waals surface area contributed by atoms with E-state index in [1.807, 2.05) is 21.6 Å². The molecule has 1 rings (SSSR count). The van der Waals surface area contributed by atoms with E-state index in [4.69, 9.17) is 4.74 Å². The van der Waals surface area contributed by atoms with Crippen LogP contribution in [-0.2, 0) is 9.53 Å². The highest BCUT2D eigenvalue weighted by atomic mass is 33.1. The highest BCUT2D eigenvalue weighted by molar-refractivity contribution is 8.76. The number of aliphatic hydroxyl groups excluding tert-OH is 4. The smallest absolute Gasteiger partial charge is 0.305 e. The first kappa shape index (κ1) is 81.3. The van der Waals surface area contributed by atoms with Crippen LogP contribution in [0, 0.1) is 0 Å². The molecule has 1 aliphatic rings. The third-order valence-corrected chi connectivity index (χ3v) is 19.9. The Labute approximate surface area is 529 Å². The first-order valence-electron chi connectivity index (χ1n) is 36.4. The molecule has 0 amide bonds. The fraction of sp³-hybridized carbons (Fsp3) is 0.931. The lowest BCUT2D eigenvalue weighted by atomic mass is 10.0. The molecule has 5 atom stereocenters. The Balaban J connectivity index is 2.44. The summed E-state index contributed by atoms with van der Waals surface area (Å²) < 4.78 is 5.72. The van der Waals surface area contributed by atoms with Crippen LogP contribution >= 0.6 is 21.6 Å². The zero-order valence-electron chi connectivity index (χ0n) is 56.2. The Morgan fingerprint density at radius 2 is 0.762 bits per heavy atom. The number of aliphatic hydroxyl groups is 4. The minimum absolute atomic E-state index is 0.150. The molecule has 498 valence electrons. The molecule has 0 saturated carbocycles. The second-order valence-corrected chi connectivity index (χ2v) is 28.5. The standard InChI is InChI=1S/C72H142N4O6S2/c1-6-10-14-18-22-24-26-28-30-32-34-36-40-44-49-70(79)65-76(66-71(80)50-45-41-37-35-33-31-29-27-25-23-19-15-11-7-2)67(5)52-61-83-84-62-59-74-56-54-73(55-57-74)58-60-82-72(81)51-46-53-75(63-68(77)47-42-38-20-16-12-8-3)64-69(78)48-43-39-21-17-13-9-4/h28-31,67-71,77-80H,6-27,32-66H2,1-5H3/b30-28-,31-29-/t67?,68?,69?,70-,71-/m0/s1.